The summed E-state index contributed by atoms with van der Waals surface area (Å²) in [6.07, 6.45) is 0. The Kier molecular flexibility index (Phi) is 3.83. The van der Waals surface area contributed by atoms with Crippen LogP contribution in [0.15, 0.2) is 0 Å². The molecule has 8 nitrogen and oxygen atoms in total. The van der Waals surface area contributed by atoms with Crippen molar-refractivity contribution in [2.24, 2.45) is 0 Å². The molecule has 0 aliphatic heterocycles. The lowest BCUT2D eigenvalue weighted by atomic mass is 10.7. The van der Waals surface area contributed by atoms with Gasteiger partial charge in [-0.15, -0.1) is 0 Å². The van der Waals surface area contributed by atoms with Crippen molar-refractivity contribution < 1.29 is 33.8 Å². The highest BCUT2D eigenvalue weighted by Crippen LogP contribution is 2.66. The van der Waals surface area contributed by atoms with E-state index in [-0.39, 0.29) is 0 Å². The van der Waals surface area contributed by atoms with E-state index in [1.165, 1.54) is 7.05 Å². The van der Waals surface area contributed by atoms with Gasteiger partial charge in [0.25, 0.3) is 5.08 Å². The largest absolute Gasteiger partial charge is 0.370 e. The third-order valence-electron chi connectivity index (χ3n) is 1.35. The molecule has 0 bridgehead atoms. The van der Waals surface area contributed by atoms with E-state index >= 15 is 0 Å². The van der Waals surface area contributed by atoms with Gasteiger partial charge in [0.1, 0.15) is 0 Å². The lowest BCUT2D eigenvalue weighted by molar-refractivity contribution is 0.131. The van der Waals surface area contributed by atoms with E-state index in [4.69, 9.17) is 24.7 Å². The standard InChI is InChI=1S/C3H11NO7P2/c1-4-2-3(5,12(6,7)8)13(9,10)11/h4-5H,2H2,1H3,(H2,6,7,8)(H2,9,10,11). The topological polar surface area (TPSA) is 147 Å². The minimum Gasteiger partial charge on any atom is -0.367 e. The molecule has 6 N–H and O–H groups in total. The molecular formula is C3H11NO7P2. The van der Waals surface area contributed by atoms with Crippen molar-refractivity contribution in [2.75, 3.05) is 13.6 Å². The third kappa shape index (κ3) is 2.59. The van der Waals surface area contributed by atoms with Crippen LogP contribution in [0.1, 0.15) is 0 Å². The fourth-order valence-corrected chi connectivity index (χ4v) is 2.70. The van der Waals surface area contributed by atoms with Crippen molar-refractivity contribution >= 4 is 15.2 Å². The molecule has 0 fully saturated rings. The molecule has 0 aromatic heterocycles. The summed E-state index contributed by atoms with van der Waals surface area (Å²) < 4.78 is 21.2. The molecule has 0 spiro atoms. The van der Waals surface area contributed by atoms with E-state index in [1.54, 1.807) is 0 Å². The Morgan fingerprint density at radius 3 is 1.54 bits per heavy atom. The van der Waals surface area contributed by atoms with Gasteiger partial charge < -0.3 is 30.0 Å². The summed E-state index contributed by atoms with van der Waals surface area (Å²) in [6.45, 7) is -0.901. The second kappa shape index (κ2) is 3.76. The van der Waals surface area contributed by atoms with Crippen LogP contribution in [0.4, 0.5) is 0 Å². The lowest BCUT2D eigenvalue weighted by Crippen LogP contribution is -2.38. The van der Waals surface area contributed by atoms with Crippen LogP contribution in [0.5, 0.6) is 0 Å². The Labute approximate surface area is 73.9 Å². The molecule has 0 amide bonds. The quantitative estimate of drug-likeness (QED) is 0.313. The van der Waals surface area contributed by atoms with Crippen LogP contribution in [0.3, 0.4) is 0 Å². The number of aliphatic hydroxyl groups is 1. The van der Waals surface area contributed by atoms with Crippen LogP contribution in [-0.4, -0.2) is 43.4 Å². The summed E-state index contributed by atoms with van der Waals surface area (Å²) in [7, 11) is -9.40. The van der Waals surface area contributed by atoms with Crippen molar-refractivity contribution in [2.45, 2.75) is 5.08 Å². The van der Waals surface area contributed by atoms with Crippen molar-refractivity contribution in [1.29, 1.82) is 0 Å². The molecule has 0 atom stereocenters. The van der Waals surface area contributed by atoms with E-state index in [9.17, 15) is 9.13 Å². The van der Waals surface area contributed by atoms with Gasteiger partial charge in [-0.2, -0.15) is 0 Å². The van der Waals surface area contributed by atoms with E-state index in [2.05, 4.69) is 5.32 Å². The van der Waals surface area contributed by atoms with Gasteiger partial charge in [-0.25, -0.2) is 0 Å². The molecule has 0 aromatic carbocycles. The van der Waals surface area contributed by atoms with Gasteiger partial charge in [0.2, 0.25) is 0 Å². The van der Waals surface area contributed by atoms with Crippen molar-refractivity contribution in [3.05, 3.63) is 0 Å². The second-order valence-corrected chi connectivity index (χ2v) is 6.40. The normalized spacial score (nSPS) is 14.6. The Balaban J connectivity index is 5.22. The fourth-order valence-electron chi connectivity index (χ4n) is 0.613. The van der Waals surface area contributed by atoms with Gasteiger partial charge in [0.15, 0.2) is 0 Å². The molecule has 0 aromatic rings. The number of hydrogen-bond donors (Lipinski definition) is 6. The summed E-state index contributed by atoms with van der Waals surface area (Å²) >= 11 is 0. The Bertz CT molecular complexity index is 243. The Hall–Kier alpha value is 0.220. The molecule has 10 heteroatoms. The third-order valence-corrected chi connectivity index (χ3v) is 5.09. The number of hydrogen-bond acceptors (Lipinski definition) is 4. The first-order chi connectivity index (χ1) is 5.56. The van der Waals surface area contributed by atoms with Gasteiger partial charge in [-0.1, -0.05) is 0 Å². The summed E-state index contributed by atoms with van der Waals surface area (Å²) in [5.74, 6) is 0. The number of likely N-dealkylation sites (N-methyl/N-ethyl adjacent to an activating group) is 1. The first-order valence-corrected chi connectivity index (χ1v) is 6.27. The smallest absolute Gasteiger partial charge is 0.367 e. The molecule has 0 radical (unpaired) electrons. The Morgan fingerprint density at radius 2 is 1.46 bits per heavy atom. The summed E-state index contributed by atoms with van der Waals surface area (Å²) in [5.41, 5.74) is 0. The summed E-state index contributed by atoms with van der Waals surface area (Å²) in [4.78, 5) is 34.1. The minimum atomic E-state index is -5.30. The summed E-state index contributed by atoms with van der Waals surface area (Å²) in [6, 6.07) is 0. The molecule has 0 heterocycles. The van der Waals surface area contributed by atoms with Crippen LogP contribution in [-0.2, 0) is 9.13 Å². The van der Waals surface area contributed by atoms with Crippen LogP contribution in [0.2, 0.25) is 0 Å². The average molecular weight is 235 g/mol. The minimum absolute atomic E-state index is 0.901. The van der Waals surface area contributed by atoms with Crippen LogP contribution in [0.25, 0.3) is 0 Å². The average Bonchev–Trinajstić information content (AvgIpc) is 1.82. The van der Waals surface area contributed by atoms with E-state index in [1.807, 2.05) is 0 Å². The molecular weight excluding hydrogens is 224 g/mol. The second-order valence-electron chi connectivity index (χ2n) is 2.39. The van der Waals surface area contributed by atoms with Gasteiger partial charge in [-0.3, -0.25) is 9.13 Å². The van der Waals surface area contributed by atoms with Gasteiger partial charge >= 0.3 is 15.2 Å². The monoisotopic (exact) mass is 235 g/mol. The maximum atomic E-state index is 10.6. The molecule has 0 rings (SSSR count). The van der Waals surface area contributed by atoms with Gasteiger partial charge in [-0.05, 0) is 7.05 Å². The van der Waals surface area contributed by atoms with E-state index in [0.29, 0.717) is 0 Å². The highest BCUT2D eigenvalue weighted by Gasteiger charge is 2.58. The van der Waals surface area contributed by atoms with Crippen LogP contribution < -0.4 is 5.32 Å². The molecule has 0 aliphatic carbocycles. The number of rotatable bonds is 4. The van der Waals surface area contributed by atoms with Gasteiger partial charge in [0, 0.05) is 6.54 Å². The Morgan fingerprint density at radius 1 is 1.15 bits per heavy atom. The van der Waals surface area contributed by atoms with Crippen molar-refractivity contribution in [1.82, 2.24) is 5.32 Å². The predicted octanol–water partition coefficient (Wildman–Crippen LogP) is -1.79. The molecule has 0 saturated heterocycles. The first kappa shape index (κ1) is 13.2. The molecule has 0 saturated carbocycles. The highest BCUT2D eigenvalue weighted by atomic mass is 31.2. The van der Waals surface area contributed by atoms with Crippen LogP contribution in [0, 0.1) is 0 Å². The van der Waals surface area contributed by atoms with Crippen molar-refractivity contribution in [3.63, 3.8) is 0 Å². The zero-order valence-corrected chi connectivity index (χ0v) is 8.44. The van der Waals surface area contributed by atoms with Gasteiger partial charge in [0.05, 0.1) is 0 Å². The maximum absolute atomic E-state index is 10.6. The number of nitrogens with one attached hydrogen (secondary N) is 1. The predicted molar refractivity (Wildman–Crippen MR) is 43.0 cm³/mol. The van der Waals surface area contributed by atoms with E-state index in [0.717, 1.165) is 0 Å². The van der Waals surface area contributed by atoms with Crippen LogP contribution >= 0.6 is 15.2 Å². The summed E-state index contributed by atoms with van der Waals surface area (Å²) in [5, 5.41) is 7.83. The molecule has 13 heavy (non-hydrogen) atoms. The van der Waals surface area contributed by atoms with Crippen molar-refractivity contribution in [3.8, 4) is 0 Å². The highest BCUT2D eigenvalue weighted by molar-refractivity contribution is 7.72. The van der Waals surface area contributed by atoms with E-state index < -0.39 is 26.8 Å². The first-order valence-electron chi connectivity index (χ1n) is 3.04. The SMILES string of the molecule is CNCC(O)(P(=O)(O)O)P(=O)(O)O. The molecule has 80 valence electrons. The molecule has 0 unspecified atom stereocenters. The zero-order valence-electron chi connectivity index (χ0n) is 6.65. The fraction of sp³-hybridized carbons (Fsp3) is 1.00. The lowest BCUT2D eigenvalue weighted by Gasteiger charge is -2.28. The zero-order chi connectivity index (χ0) is 10.9. The molecule has 0 aliphatic rings. The maximum Gasteiger partial charge on any atom is 0.370 e.